The predicted molar refractivity (Wildman–Crippen MR) is 11.1 cm³/mol. The van der Waals surface area contributed by atoms with Crippen LogP contribution in [0.4, 0.5) is 0 Å². The Bertz CT molecular complexity index is 8.00. The molecule has 0 fully saturated rings. The fraction of sp³-hybridized carbons (Fsp3) is 0. The van der Waals surface area contributed by atoms with E-state index in [1.54, 1.807) is 0 Å². The van der Waals surface area contributed by atoms with Crippen LogP contribution in [0.1, 0.15) is 0 Å². The minimum Gasteiger partial charge on any atom is -0.153 e. The Labute approximate surface area is 60.1 Å². The van der Waals surface area contributed by atoms with Crippen LogP contribution in [0.15, 0.2) is 0 Å². The van der Waals surface area contributed by atoms with Crippen molar-refractivity contribution in [3.8, 4) is 0 Å². The van der Waals surface area contributed by atoms with Crippen molar-refractivity contribution in [3.05, 3.63) is 0 Å². The second kappa shape index (κ2) is 20.3. The van der Waals surface area contributed by atoms with Gasteiger partial charge in [-0.25, -0.2) is 0 Å². The van der Waals surface area contributed by atoms with Crippen LogP contribution in [0.2, 0.25) is 0 Å². The molecule has 0 spiro atoms. The van der Waals surface area contributed by atoms with Crippen LogP contribution in [-0.2, 0) is 50.3 Å². The number of hydrogen-bond acceptors (Lipinski definition) is 0. The van der Waals surface area contributed by atoms with Crippen LogP contribution in [0.5, 0.6) is 0 Å². The zero-order valence-electron chi connectivity index (χ0n) is 1.66. The Morgan fingerprint density at radius 1 is 1.00 bits per heavy atom. The van der Waals surface area contributed by atoms with Gasteiger partial charge in [0, 0.05) is 50.3 Å². The van der Waals surface area contributed by atoms with Crippen LogP contribution in [0.25, 0.3) is 0 Å². The van der Waals surface area contributed by atoms with E-state index >= 15 is 0 Å². The van der Waals surface area contributed by atoms with Crippen molar-refractivity contribution < 1.29 is 50.3 Å². The zero-order valence-corrected chi connectivity index (χ0v) is 6.04. The van der Waals surface area contributed by atoms with Gasteiger partial charge in [-0.15, -0.1) is 0 Å². The maximum absolute atomic E-state index is 0. The molecular weight excluding hydrogens is 212 g/mol. The third-order valence-electron chi connectivity index (χ3n) is 0. The maximum atomic E-state index is 0. The fourth-order valence-electron chi connectivity index (χ4n) is 0. The van der Waals surface area contributed by atoms with E-state index in [0.717, 1.165) is 0 Å². The first kappa shape index (κ1) is 38.3. The maximum Gasteiger partial charge on any atom is 0 e. The van der Waals surface area contributed by atoms with Crippen molar-refractivity contribution in [1.82, 2.24) is 0 Å². The zero-order chi connectivity index (χ0) is 0. The van der Waals surface area contributed by atoms with Crippen molar-refractivity contribution in [3.63, 3.8) is 0 Å². The Morgan fingerprint density at radius 3 is 1.00 bits per heavy atom. The van der Waals surface area contributed by atoms with Gasteiger partial charge in [0.2, 0.25) is 0 Å². The molecule has 0 aliphatic heterocycles. The van der Waals surface area contributed by atoms with E-state index < -0.39 is 0 Å². The van der Waals surface area contributed by atoms with E-state index in [9.17, 15) is 0 Å². The minimum absolute atomic E-state index is 0. The van der Waals surface area contributed by atoms with Crippen LogP contribution in [0, 0.1) is 0 Å². The Balaban J connectivity index is 0. The van der Waals surface area contributed by atoms with Crippen molar-refractivity contribution in [2.45, 2.75) is 0 Å². The molecule has 38 valence electrons. The monoisotopic (exact) mass is 214 g/mol. The standard InChI is InChI=1S/Co.Cu.Ni.H3P/h;;;1H3. The molecule has 0 heterocycles. The number of rotatable bonds is 0. The summed E-state index contributed by atoms with van der Waals surface area (Å²) in [7, 11) is 0. The van der Waals surface area contributed by atoms with E-state index in [1.165, 1.54) is 0 Å². The average Bonchev–Trinajstić information content (AvgIpc) is 0. The topological polar surface area (TPSA) is 0 Å². The molecule has 0 aliphatic rings. The minimum atomic E-state index is 0. The van der Waals surface area contributed by atoms with Crippen molar-refractivity contribution in [2.75, 3.05) is 0 Å². The molecule has 0 nitrogen and oxygen atoms in total. The Hall–Kier alpha value is 1.95. The van der Waals surface area contributed by atoms with E-state index in [-0.39, 0.29) is 60.2 Å². The normalized spacial score (nSPS) is 0. The van der Waals surface area contributed by atoms with Gasteiger partial charge in [0.25, 0.3) is 0 Å². The van der Waals surface area contributed by atoms with Crippen LogP contribution < -0.4 is 0 Å². The van der Waals surface area contributed by atoms with Crippen LogP contribution in [0.3, 0.4) is 0 Å². The molecule has 0 saturated heterocycles. The van der Waals surface area contributed by atoms with Gasteiger partial charge >= 0.3 is 0 Å². The van der Waals surface area contributed by atoms with Gasteiger partial charge in [-0.2, -0.15) is 9.90 Å². The van der Waals surface area contributed by atoms with Crippen molar-refractivity contribution in [1.29, 1.82) is 0 Å². The average molecular weight is 215 g/mol. The third kappa shape index (κ3) is 9.04. The quantitative estimate of drug-likeness (QED) is 0.395. The van der Waals surface area contributed by atoms with Gasteiger partial charge in [-0.05, 0) is 0 Å². The summed E-state index contributed by atoms with van der Waals surface area (Å²) in [5, 5.41) is 0. The number of hydrogen-bond donors (Lipinski definition) is 0. The first-order valence-electron chi connectivity index (χ1n) is 0. The van der Waals surface area contributed by atoms with Gasteiger partial charge in [0.15, 0.2) is 0 Å². The molecule has 0 rings (SSSR count). The molecule has 0 amide bonds. The molecular formula is H3CoCuNiP. The molecule has 1 unspecified atom stereocenters. The molecule has 0 aromatic carbocycles. The summed E-state index contributed by atoms with van der Waals surface area (Å²) in [6.07, 6.45) is 0. The Morgan fingerprint density at radius 2 is 1.00 bits per heavy atom. The molecule has 2 radical (unpaired) electrons. The predicted octanol–water partition coefficient (Wildman–Crippen LogP) is 0.0506. The van der Waals surface area contributed by atoms with Gasteiger partial charge in [-0.3, -0.25) is 0 Å². The third-order valence-corrected chi connectivity index (χ3v) is 0. The largest absolute Gasteiger partial charge is 0.153 e. The van der Waals surface area contributed by atoms with Crippen molar-refractivity contribution in [2.24, 2.45) is 0 Å². The van der Waals surface area contributed by atoms with Crippen molar-refractivity contribution >= 4 is 9.90 Å². The summed E-state index contributed by atoms with van der Waals surface area (Å²) in [6, 6.07) is 0. The Kier molecular flexibility index (Phi) is 195. The molecule has 0 aromatic rings. The summed E-state index contributed by atoms with van der Waals surface area (Å²) in [4.78, 5) is 0. The molecule has 0 saturated carbocycles. The summed E-state index contributed by atoms with van der Waals surface area (Å²) in [5.74, 6) is 0. The summed E-state index contributed by atoms with van der Waals surface area (Å²) in [5.41, 5.74) is 0. The fourth-order valence-corrected chi connectivity index (χ4v) is 0. The summed E-state index contributed by atoms with van der Waals surface area (Å²) >= 11 is 0. The molecule has 4 heavy (non-hydrogen) atoms. The second-order valence-electron chi connectivity index (χ2n) is 0. The van der Waals surface area contributed by atoms with Crippen LogP contribution >= 0.6 is 9.90 Å². The SMILES string of the molecule is P.[Co].[Cu].[Ni]. The van der Waals surface area contributed by atoms with Gasteiger partial charge in [0.05, 0.1) is 0 Å². The van der Waals surface area contributed by atoms with E-state index in [0.29, 0.717) is 0 Å². The van der Waals surface area contributed by atoms with Gasteiger partial charge in [-0.1, -0.05) is 0 Å². The van der Waals surface area contributed by atoms with Gasteiger partial charge < -0.3 is 0 Å². The molecule has 0 bridgehead atoms. The van der Waals surface area contributed by atoms with Crippen LogP contribution in [-0.4, -0.2) is 0 Å². The molecule has 1 atom stereocenters. The first-order chi connectivity index (χ1) is 0. The first-order valence-corrected chi connectivity index (χ1v) is 0. The van der Waals surface area contributed by atoms with E-state index in [4.69, 9.17) is 0 Å². The smallest absolute Gasteiger partial charge is 0 e. The second-order valence-corrected chi connectivity index (χ2v) is 0. The summed E-state index contributed by atoms with van der Waals surface area (Å²) < 4.78 is 0. The van der Waals surface area contributed by atoms with E-state index in [2.05, 4.69) is 0 Å². The molecule has 0 aliphatic carbocycles. The van der Waals surface area contributed by atoms with Gasteiger partial charge in [0.1, 0.15) is 0 Å². The molecule has 0 N–H and O–H groups in total. The van der Waals surface area contributed by atoms with E-state index in [1.807, 2.05) is 0 Å². The summed E-state index contributed by atoms with van der Waals surface area (Å²) in [6.45, 7) is 0. The molecule has 4 heteroatoms. The molecule has 0 aromatic heterocycles.